The van der Waals surface area contributed by atoms with Crippen molar-refractivity contribution in [1.29, 1.82) is 5.26 Å². The quantitative estimate of drug-likeness (QED) is 0.759. The van der Waals surface area contributed by atoms with Gasteiger partial charge in [-0.2, -0.15) is 5.26 Å². The van der Waals surface area contributed by atoms with Crippen LogP contribution in [-0.2, 0) is 11.2 Å². The molecule has 0 saturated carbocycles. The van der Waals surface area contributed by atoms with Gasteiger partial charge in [0.05, 0.1) is 18.8 Å². The molecule has 1 aromatic heterocycles. The van der Waals surface area contributed by atoms with Crippen LogP contribution in [0.15, 0.2) is 22.8 Å². The Kier molecular flexibility index (Phi) is 5.28. The molecule has 0 saturated heterocycles. The molecule has 0 aliphatic carbocycles. The third-order valence-corrected chi connectivity index (χ3v) is 2.57. The van der Waals surface area contributed by atoms with Crippen LogP contribution in [0.5, 0.6) is 0 Å². The van der Waals surface area contributed by atoms with E-state index in [1.54, 1.807) is 11.2 Å². The Bertz CT molecular complexity index is 377. The number of furan rings is 1. The van der Waals surface area contributed by atoms with E-state index in [-0.39, 0.29) is 11.9 Å². The zero-order valence-corrected chi connectivity index (χ0v) is 10.3. The van der Waals surface area contributed by atoms with Gasteiger partial charge in [0.25, 0.3) is 0 Å². The number of nitrogens with zero attached hydrogens (tertiary/aromatic N) is 2. The highest BCUT2D eigenvalue weighted by atomic mass is 16.3. The van der Waals surface area contributed by atoms with E-state index in [4.69, 9.17) is 9.68 Å². The van der Waals surface area contributed by atoms with Crippen molar-refractivity contribution in [2.24, 2.45) is 0 Å². The zero-order chi connectivity index (χ0) is 12.7. The number of carbonyl (C=O) groups is 1. The molecule has 0 atom stereocenters. The van der Waals surface area contributed by atoms with Crippen LogP contribution >= 0.6 is 0 Å². The molecule has 0 aliphatic rings. The first-order chi connectivity index (χ1) is 8.15. The van der Waals surface area contributed by atoms with Gasteiger partial charge in [0.2, 0.25) is 5.91 Å². The van der Waals surface area contributed by atoms with Crippen molar-refractivity contribution >= 4 is 5.91 Å². The fourth-order valence-corrected chi connectivity index (χ4v) is 1.67. The number of amides is 1. The highest BCUT2D eigenvalue weighted by molar-refractivity contribution is 5.76. The molecule has 17 heavy (non-hydrogen) atoms. The van der Waals surface area contributed by atoms with E-state index in [0.717, 1.165) is 5.76 Å². The van der Waals surface area contributed by atoms with E-state index in [0.29, 0.717) is 25.8 Å². The van der Waals surface area contributed by atoms with Crippen LogP contribution in [0.2, 0.25) is 0 Å². The number of nitriles is 1. The van der Waals surface area contributed by atoms with Gasteiger partial charge in [-0.15, -0.1) is 0 Å². The lowest BCUT2D eigenvalue weighted by molar-refractivity contribution is -0.132. The Morgan fingerprint density at radius 1 is 1.59 bits per heavy atom. The minimum atomic E-state index is 0.0756. The van der Waals surface area contributed by atoms with Gasteiger partial charge in [0, 0.05) is 25.4 Å². The molecule has 0 aromatic carbocycles. The summed E-state index contributed by atoms with van der Waals surface area (Å²) in [4.78, 5) is 13.7. The largest absolute Gasteiger partial charge is 0.469 e. The maximum atomic E-state index is 12.0. The van der Waals surface area contributed by atoms with E-state index in [2.05, 4.69) is 6.07 Å². The van der Waals surface area contributed by atoms with E-state index in [1.807, 2.05) is 26.0 Å². The Morgan fingerprint density at radius 2 is 2.35 bits per heavy atom. The summed E-state index contributed by atoms with van der Waals surface area (Å²) in [5.41, 5.74) is 0. The van der Waals surface area contributed by atoms with Crippen LogP contribution in [-0.4, -0.2) is 23.4 Å². The number of rotatable bonds is 6. The minimum Gasteiger partial charge on any atom is -0.469 e. The van der Waals surface area contributed by atoms with E-state index >= 15 is 0 Å². The first-order valence-corrected chi connectivity index (χ1v) is 5.84. The molecule has 0 fully saturated rings. The van der Waals surface area contributed by atoms with Crippen LogP contribution < -0.4 is 0 Å². The second kappa shape index (κ2) is 6.74. The molecule has 0 N–H and O–H groups in total. The summed E-state index contributed by atoms with van der Waals surface area (Å²) in [6.45, 7) is 4.43. The summed E-state index contributed by atoms with van der Waals surface area (Å²) in [6, 6.07) is 5.88. The first-order valence-electron chi connectivity index (χ1n) is 5.84. The Hall–Kier alpha value is -1.76. The average molecular weight is 234 g/mol. The lowest BCUT2D eigenvalue weighted by atomic mass is 10.2. The minimum absolute atomic E-state index is 0.0756. The second-order valence-corrected chi connectivity index (χ2v) is 4.17. The summed E-state index contributed by atoms with van der Waals surface area (Å²) in [6.07, 6.45) is 3.03. The lowest BCUT2D eigenvalue weighted by Gasteiger charge is -2.25. The molecule has 4 nitrogen and oxygen atoms in total. The van der Waals surface area contributed by atoms with Crippen LogP contribution in [0.1, 0.15) is 32.4 Å². The molecule has 1 amide bonds. The van der Waals surface area contributed by atoms with Gasteiger partial charge in [-0.05, 0) is 26.0 Å². The highest BCUT2D eigenvalue weighted by Gasteiger charge is 2.16. The van der Waals surface area contributed by atoms with Crippen molar-refractivity contribution in [3.63, 3.8) is 0 Å². The molecule has 4 heteroatoms. The van der Waals surface area contributed by atoms with E-state index in [1.165, 1.54) is 0 Å². The molecule has 0 spiro atoms. The Balaban J connectivity index is 2.45. The summed E-state index contributed by atoms with van der Waals surface area (Å²) >= 11 is 0. The molecule has 0 bridgehead atoms. The molecule has 0 aliphatic heterocycles. The summed E-state index contributed by atoms with van der Waals surface area (Å²) in [5.74, 6) is 0.897. The van der Waals surface area contributed by atoms with Crippen molar-refractivity contribution in [1.82, 2.24) is 4.90 Å². The molecule has 92 valence electrons. The molecular weight excluding hydrogens is 216 g/mol. The molecular formula is C13H18N2O2. The predicted octanol–water partition coefficient (Wildman–Crippen LogP) is 2.36. The van der Waals surface area contributed by atoms with Gasteiger partial charge in [0.1, 0.15) is 5.76 Å². The van der Waals surface area contributed by atoms with E-state index in [9.17, 15) is 4.79 Å². The van der Waals surface area contributed by atoms with Crippen molar-refractivity contribution in [2.75, 3.05) is 6.54 Å². The fourth-order valence-electron chi connectivity index (χ4n) is 1.67. The van der Waals surface area contributed by atoms with Crippen LogP contribution in [0.4, 0.5) is 0 Å². The van der Waals surface area contributed by atoms with Gasteiger partial charge >= 0.3 is 0 Å². The standard InChI is InChI=1S/C13H18N2O2/c1-11(2)15(9-4-8-14)13(16)7-6-12-5-3-10-17-12/h3,5,10-11H,4,6-7,9H2,1-2H3. The number of aryl methyl sites for hydroxylation is 1. The van der Waals surface area contributed by atoms with E-state index < -0.39 is 0 Å². The summed E-state index contributed by atoms with van der Waals surface area (Å²) in [7, 11) is 0. The van der Waals surface area contributed by atoms with Crippen LogP contribution in [0.3, 0.4) is 0 Å². The van der Waals surface area contributed by atoms with Crippen molar-refractivity contribution in [3.05, 3.63) is 24.2 Å². The lowest BCUT2D eigenvalue weighted by Crippen LogP contribution is -2.37. The van der Waals surface area contributed by atoms with Gasteiger partial charge in [-0.25, -0.2) is 0 Å². The topological polar surface area (TPSA) is 57.2 Å². The van der Waals surface area contributed by atoms with Gasteiger partial charge in [-0.1, -0.05) is 0 Å². The molecule has 1 heterocycles. The molecule has 0 unspecified atom stereocenters. The monoisotopic (exact) mass is 234 g/mol. The molecule has 1 aromatic rings. The highest BCUT2D eigenvalue weighted by Crippen LogP contribution is 2.08. The molecule has 1 rings (SSSR count). The van der Waals surface area contributed by atoms with Crippen LogP contribution in [0, 0.1) is 11.3 Å². The Morgan fingerprint density at radius 3 is 2.88 bits per heavy atom. The third-order valence-electron chi connectivity index (χ3n) is 2.57. The number of hydrogen-bond acceptors (Lipinski definition) is 3. The smallest absolute Gasteiger partial charge is 0.223 e. The number of hydrogen-bond donors (Lipinski definition) is 0. The van der Waals surface area contributed by atoms with Gasteiger partial charge < -0.3 is 9.32 Å². The maximum absolute atomic E-state index is 12.0. The summed E-state index contributed by atoms with van der Waals surface area (Å²) < 4.78 is 5.18. The van der Waals surface area contributed by atoms with Crippen molar-refractivity contribution in [2.45, 2.75) is 39.2 Å². The van der Waals surface area contributed by atoms with Crippen molar-refractivity contribution in [3.8, 4) is 6.07 Å². The van der Waals surface area contributed by atoms with Crippen LogP contribution in [0.25, 0.3) is 0 Å². The maximum Gasteiger partial charge on any atom is 0.223 e. The fraction of sp³-hybridized carbons (Fsp3) is 0.538. The average Bonchev–Trinajstić information content (AvgIpc) is 2.79. The third kappa shape index (κ3) is 4.31. The normalized spacial score (nSPS) is 10.2. The first kappa shape index (κ1) is 13.3. The predicted molar refractivity (Wildman–Crippen MR) is 64.1 cm³/mol. The van der Waals surface area contributed by atoms with Gasteiger partial charge in [-0.3, -0.25) is 4.79 Å². The summed E-state index contributed by atoms with van der Waals surface area (Å²) in [5, 5.41) is 8.56. The van der Waals surface area contributed by atoms with Gasteiger partial charge in [0.15, 0.2) is 0 Å². The SMILES string of the molecule is CC(C)N(CCC#N)C(=O)CCc1ccco1. The number of carbonyl (C=O) groups excluding carboxylic acids is 1. The Labute approximate surface area is 102 Å². The van der Waals surface area contributed by atoms with Crippen molar-refractivity contribution < 1.29 is 9.21 Å². The molecule has 0 radical (unpaired) electrons. The second-order valence-electron chi connectivity index (χ2n) is 4.17. The zero-order valence-electron chi connectivity index (χ0n) is 10.3.